The Morgan fingerprint density at radius 3 is 2.44 bits per heavy atom. The maximum Gasteiger partial charge on any atom is 0.0703 e. The molecule has 0 aromatic rings. The number of likely N-dealkylation sites (N-methyl/N-ethyl adjacent to an activating group) is 1. The molecule has 0 radical (unpaired) electrons. The third-order valence-corrected chi connectivity index (χ3v) is 5.70. The van der Waals surface area contributed by atoms with Crippen LogP contribution < -0.4 is 5.73 Å². The van der Waals surface area contributed by atoms with Gasteiger partial charge >= 0.3 is 0 Å². The van der Waals surface area contributed by atoms with Crippen molar-refractivity contribution >= 4 is 0 Å². The zero-order chi connectivity index (χ0) is 13.3. The smallest absolute Gasteiger partial charge is 0.0703 e. The highest BCUT2D eigenvalue weighted by Gasteiger charge is 2.44. The average Bonchev–Trinajstić information content (AvgIpc) is 2.78. The van der Waals surface area contributed by atoms with Crippen LogP contribution in [0.1, 0.15) is 46.5 Å². The van der Waals surface area contributed by atoms with Crippen LogP contribution in [0.4, 0.5) is 0 Å². The molecule has 2 N–H and O–H groups in total. The molecule has 1 aliphatic heterocycles. The average molecular weight is 254 g/mol. The molecular formula is C15H30N2O. The second-order valence-electron chi connectivity index (χ2n) is 6.67. The van der Waals surface area contributed by atoms with Crippen LogP contribution in [0.5, 0.6) is 0 Å². The van der Waals surface area contributed by atoms with E-state index in [0.717, 1.165) is 31.4 Å². The molecule has 0 bridgehead atoms. The van der Waals surface area contributed by atoms with E-state index in [4.69, 9.17) is 10.5 Å². The summed E-state index contributed by atoms with van der Waals surface area (Å²) in [5.74, 6) is 1.62. The Kier molecular flexibility index (Phi) is 4.35. The molecule has 1 saturated carbocycles. The Hall–Kier alpha value is -0.120. The van der Waals surface area contributed by atoms with Gasteiger partial charge in [-0.15, -0.1) is 0 Å². The van der Waals surface area contributed by atoms with Crippen LogP contribution in [0.25, 0.3) is 0 Å². The van der Waals surface area contributed by atoms with Crippen molar-refractivity contribution < 1.29 is 4.74 Å². The molecular weight excluding hydrogens is 224 g/mol. The normalized spacial score (nSPS) is 45.7. The highest BCUT2D eigenvalue weighted by atomic mass is 16.5. The van der Waals surface area contributed by atoms with E-state index in [1.165, 1.54) is 19.3 Å². The molecule has 2 fully saturated rings. The lowest BCUT2D eigenvalue weighted by molar-refractivity contribution is -0.0122. The molecule has 0 amide bonds. The molecule has 106 valence electrons. The Labute approximate surface area is 112 Å². The van der Waals surface area contributed by atoms with E-state index < -0.39 is 0 Å². The molecule has 18 heavy (non-hydrogen) atoms. The Morgan fingerprint density at radius 1 is 1.22 bits per heavy atom. The topological polar surface area (TPSA) is 38.5 Å². The summed E-state index contributed by atoms with van der Waals surface area (Å²) in [7, 11) is 2.27. The van der Waals surface area contributed by atoms with E-state index >= 15 is 0 Å². The summed E-state index contributed by atoms with van der Waals surface area (Å²) in [4.78, 5) is 2.56. The van der Waals surface area contributed by atoms with E-state index in [1.54, 1.807) is 0 Å². The first kappa shape index (κ1) is 14.3. The first-order chi connectivity index (χ1) is 8.50. The predicted molar refractivity (Wildman–Crippen MR) is 75.5 cm³/mol. The number of ether oxygens (including phenoxy) is 1. The summed E-state index contributed by atoms with van der Waals surface area (Å²) in [6, 6.07) is 0.550. The van der Waals surface area contributed by atoms with Gasteiger partial charge < -0.3 is 10.5 Å². The fraction of sp³-hybridized carbons (Fsp3) is 1.00. The van der Waals surface area contributed by atoms with E-state index in [9.17, 15) is 0 Å². The fourth-order valence-electron chi connectivity index (χ4n) is 3.91. The molecule has 5 unspecified atom stereocenters. The van der Waals surface area contributed by atoms with Gasteiger partial charge in [-0.25, -0.2) is 0 Å². The second-order valence-corrected chi connectivity index (χ2v) is 6.67. The zero-order valence-corrected chi connectivity index (χ0v) is 12.5. The molecule has 2 rings (SSSR count). The van der Waals surface area contributed by atoms with Gasteiger partial charge in [-0.3, -0.25) is 4.90 Å². The van der Waals surface area contributed by atoms with Crippen LogP contribution in [-0.2, 0) is 4.74 Å². The minimum atomic E-state index is 0.207. The highest BCUT2D eigenvalue weighted by molar-refractivity contribution is 5.00. The summed E-state index contributed by atoms with van der Waals surface area (Å²) < 4.78 is 5.73. The molecule has 1 heterocycles. The lowest BCUT2D eigenvalue weighted by Gasteiger charge is -2.50. The quantitative estimate of drug-likeness (QED) is 0.839. The van der Waals surface area contributed by atoms with Crippen LogP contribution in [0.3, 0.4) is 0 Å². The maximum absolute atomic E-state index is 6.18. The molecule has 2 aliphatic rings. The van der Waals surface area contributed by atoms with Crippen molar-refractivity contribution in [2.75, 3.05) is 20.2 Å². The van der Waals surface area contributed by atoms with Crippen LogP contribution in [0, 0.1) is 11.8 Å². The number of nitrogens with two attached hydrogens (primary N) is 1. The van der Waals surface area contributed by atoms with Crippen molar-refractivity contribution in [1.82, 2.24) is 4.90 Å². The summed E-state index contributed by atoms with van der Waals surface area (Å²) in [5, 5.41) is 0. The van der Waals surface area contributed by atoms with Crippen molar-refractivity contribution in [3.63, 3.8) is 0 Å². The molecule has 5 atom stereocenters. The van der Waals surface area contributed by atoms with Gasteiger partial charge in [-0.1, -0.05) is 13.8 Å². The number of hydrogen-bond donors (Lipinski definition) is 1. The molecule has 1 aliphatic carbocycles. The first-order valence-corrected chi connectivity index (χ1v) is 7.55. The molecule has 1 saturated heterocycles. The molecule has 0 aromatic carbocycles. The van der Waals surface area contributed by atoms with Gasteiger partial charge in [-0.2, -0.15) is 0 Å². The van der Waals surface area contributed by atoms with Gasteiger partial charge in [0.25, 0.3) is 0 Å². The number of rotatable bonds is 3. The SMILES string of the molecule is CC1CCC(CN)(N(C)C2CCOC2C)CC1C. The largest absolute Gasteiger partial charge is 0.377 e. The van der Waals surface area contributed by atoms with Crippen LogP contribution in [-0.4, -0.2) is 42.8 Å². The summed E-state index contributed by atoms with van der Waals surface area (Å²) in [6.45, 7) is 8.66. The van der Waals surface area contributed by atoms with Crippen molar-refractivity contribution in [3.05, 3.63) is 0 Å². The zero-order valence-electron chi connectivity index (χ0n) is 12.5. The minimum absolute atomic E-state index is 0.207. The van der Waals surface area contributed by atoms with Gasteiger partial charge in [0.1, 0.15) is 0 Å². The molecule has 3 nitrogen and oxygen atoms in total. The molecule has 0 spiro atoms. The van der Waals surface area contributed by atoms with E-state index in [2.05, 4.69) is 32.7 Å². The summed E-state index contributed by atoms with van der Waals surface area (Å²) in [6.07, 6.45) is 5.31. The maximum atomic E-state index is 6.18. The molecule has 0 aromatic heterocycles. The summed E-state index contributed by atoms with van der Waals surface area (Å²) >= 11 is 0. The van der Waals surface area contributed by atoms with Crippen molar-refractivity contribution in [2.45, 2.75) is 64.1 Å². The van der Waals surface area contributed by atoms with Crippen molar-refractivity contribution in [1.29, 1.82) is 0 Å². The number of hydrogen-bond acceptors (Lipinski definition) is 3. The number of nitrogens with zero attached hydrogens (tertiary/aromatic N) is 1. The fourth-order valence-corrected chi connectivity index (χ4v) is 3.91. The molecule has 3 heteroatoms. The second kappa shape index (κ2) is 5.48. The predicted octanol–water partition coefficient (Wildman–Crippen LogP) is 2.25. The minimum Gasteiger partial charge on any atom is -0.377 e. The van der Waals surface area contributed by atoms with Crippen LogP contribution in [0.15, 0.2) is 0 Å². The lowest BCUT2D eigenvalue weighted by Crippen LogP contribution is -2.60. The Balaban J connectivity index is 2.11. The van der Waals surface area contributed by atoms with Crippen molar-refractivity contribution in [2.24, 2.45) is 17.6 Å². The highest BCUT2D eigenvalue weighted by Crippen LogP contribution is 2.41. The third-order valence-electron chi connectivity index (χ3n) is 5.70. The monoisotopic (exact) mass is 254 g/mol. The van der Waals surface area contributed by atoms with Gasteiger partial charge in [0, 0.05) is 24.7 Å². The Bertz CT molecular complexity index is 284. The van der Waals surface area contributed by atoms with Gasteiger partial charge in [0.05, 0.1) is 6.10 Å². The van der Waals surface area contributed by atoms with Crippen LogP contribution >= 0.6 is 0 Å². The van der Waals surface area contributed by atoms with Crippen LogP contribution in [0.2, 0.25) is 0 Å². The van der Waals surface area contributed by atoms with Crippen molar-refractivity contribution in [3.8, 4) is 0 Å². The van der Waals surface area contributed by atoms with Gasteiger partial charge in [-0.05, 0) is 51.5 Å². The Morgan fingerprint density at radius 2 is 1.94 bits per heavy atom. The van der Waals surface area contributed by atoms with Gasteiger partial charge in [0.2, 0.25) is 0 Å². The van der Waals surface area contributed by atoms with E-state index in [0.29, 0.717) is 12.1 Å². The van der Waals surface area contributed by atoms with E-state index in [1.807, 2.05) is 0 Å². The summed E-state index contributed by atoms with van der Waals surface area (Å²) in [5.41, 5.74) is 6.38. The first-order valence-electron chi connectivity index (χ1n) is 7.55. The lowest BCUT2D eigenvalue weighted by atomic mass is 9.70. The van der Waals surface area contributed by atoms with Gasteiger partial charge in [0.15, 0.2) is 0 Å². The van der Waals surface area contributed by atoms with E-state index in [-0.39, 0.29) is 5.54 Å². The standard InChI is InChI=1S/C15H30N2O/c1-11-5-7-15(10-16,9-12(11)2)17(4)14-6-8-18-13(14)3/h11-14H,5-10,16H2,1-4H3. The third kappa shape index (κ3) is 2.45.